The number of amides is 7. The predicted molar refractivity (Wildman–Crippen MR) is 128 cm³/mol. The lowest BCUT2D eigenvalue weighted by Crippen LogP contribution is -2.55. The number of nitrogens with one attached hydrogen (secondary N) is 5. The van der Waals surface area contributed by atoms with Gasteiger partial charge in [-0.1, -0.05) is 30.3 Å². The molecular formula is C22H33N7O7. The zero-order valence-electron chi connectivity index (χ0n) is 19.9. The molecule has 10 N–H and O–H groups in total. The predicted octanol–water partition coefficient (Wildman–Crippen LogP) is -3.25. The molecule has 1 rings (SSSR count). The van der Waals surface area contributed by atoms with E-state index in [0.29, 0.717) is 12.0 Å². The normalized spacial score (nSPS) is 12.8. The number of aliphatic hydroxyl groups excluding tert-OH is 1. The van der Waals surface area contributed by atoms with Gasteiger partial charge in [-0.25, -0.2) is 4.79 Å². The molecule has 1 aromatic rings. The lowest BCUT2D eigenvalue weighted by atomic mass is 10.0. The van der Waals surface area contributed by atoms with Gasteiger partial charge in [0, 0.05) is 19.9 Å². The van der Waals surface area contributed by atoms with Crippen LogP contribution in [0.15, 0.2) is 30.3 Å². The number of carbonyl (C=O) groups is 6. The van der Waals surface area contributed by atoms with Crippen molar-refractivity contribution in [1.82, 2.24) is 26.6 Å². The second-order valence-corrected chi connectivity index (χ2v) is 7.86. The van der Waals surface area contributed by atoms with Crippen LogP contribution >= 0.6 is 0 Å². The SMILES string of the molecule is CC(=O)N[C@@H](CO)C(=O)NCC(=O)N[C@@H](Cc1ccccc1)C(=O)N[C@@H](CCCNC(N)=O)C(N)=O. The van der Waals surface area contributed by atoms with Gasteiger partial charge >= 0.3 is 6.03 Å². The summed E-state index contributed by atoms with van der Waals surface area (Å²) in [5, 5.41) is 21.1. The molecule has 198 valence electrons. The fourth-order valence-corrected chi connectivity index (χ4v) is 3.11. The van der Waals surface area contributed by atoms with Crippen molar-refractivity contribution in [3.8, 4) is 0 Å². The highest BCUT2D eigenvalue weighted by molar-refractivity contribution is 5.94. The summed E-state index contributed by atoms with van der Waals surface area (Å²) in [5.41, 5.74) is 11.1. The molecule has 1 aromatic carbocycles. The molecule has 14 heteroatoms. The second kappa shape index (κ2) is 15.7. The molecule has 0 spiro atoms. The van der Waals surface area contributed by atoms with Crippen LogP contribution in [0.25, 0.3) is 0 Å². The molecule has 0 saturated carbocycles. The van der Waals surface area contributed by atoms with Crippen LogP contribution in [-0.2, 0) is 30.4 Å². The molecule has 3 atom stereocenters. The molecule has 14 nitrogen and oxygen atoms in total. The third-order valence-corrected chi connectivity index (χ3v) is 4.86. The summed E-state index contributed by atoms with van der Waals surface area (Å²) in [6, 6.07) is 4.62. The van der Waals surface area contributed by atoms with Crippen LogP contribution in [-0.4, -0.2) is 78.5 Å². The van der Waals surface area contributed by atoms with E-state index in [0.717, 1.165) is 0 Å². The van der Waals surface area contributed by atoms with E-state index in [1.165, 1.54) is 6.92 Å². The molecule has 0 aliphatic heterocycles. The van der Waals surface area contributed by atoms with Crippen LogP contribution in [0.4, 0.5) is 4.79 Å². The first-order valence-corrected chi connectivity index (χ1v) is 11.2. The molecule has 36 heavy (non-hydrogen) atoms. The third-order valence-electron chi connectivity index (χ3n) is 4.86. The Bertz CT molecular complexity index is 927. The van der Waals surface area contributed by atoms with Gasteiger partial charge in [-0.15, -0.1) is 0 Å². The van der Waals surface area contributed by atoms with Gasteiger partial charge in [-0.2, -0.15) is 0 Å². The Kier molecular flexibility index (Phi) is 13.0. The Hall–Kier alpha value is -4.20. The Labute approximate surface area is 207 Å². The molecule has 0 aliphatic carbocycles. The highest BCUT2D eigenvalue weighted by atomic mass is 16.3. The molecule has 0 aliphatic rings. The first kappa shape index (κ1) is 29.8. The summed E-state index contributed by atoms with van der Waals surface area (Å²) in [6.45, 7) is 0.135. The van der Waals surface area contributed by atoms with Gasteiger partial charge in [-0.05, 0) is 18.4 Å². The van der Waals surface area contributed by atoms with Crippen molar-refractivity contribution in [1.29, 1.82) is 0 Å². The summed E-state index contributed by atoms with van der Waals surface area (Å²) < 4.78 is 0. The first-order valence-electron chi connectivity index (χ1n) is 11.2. The summed E-state index contributed by atoms with van der Waals surface area (Å²) >= 11 is 0. The van der Waals surface area contributed by atoms with Gasteiger partial charge in [0.05, 0.1) is 13.2 Å². The third kappa shape index (κ3) is 11.8. The van der Waals surface area contributed by atoms with Gasteiger partial charge in [0.25, 0.3) is 0 Å². The lowest BCUT2D eigenvalue weighted by molar-refractivity contribution is -0.132. The van der Waals surface area contributed by atoms with E-state index >= 15 is 0 Å². The Morgan fingerprint density at radius 1 is 0.861 bits per heavy atom. The number of nitrogens with two attached hydrogens (primary N) is 2. The smallest absolute Gasteiger partial charge is 0.312 e. The number of urea groups is 1. The summed E-state index contributed by atoms with van der Waals surface area (Å²) in [4.78, 5) is 71.2. The summed E-state index contributed by atoms with van der Waals surface area (Å²) in [5.74, 6) is -3.53. The van der Waals surface area contributed by atoms with E-state index in [1.54, 1.807) is 30.3 Å². The van der Waals surface area contributed by atoms with Crippen molar-refractivity contribution >= 4 is 35.6 Å². The maximum absolute atomic E-state index is 13.0. The largest absolute Gasteiger partial charge is 0.394 e. The van der Waals surface area contributed by atoms with Crippen LogP contribution < -0.4 is 38.1 Å². The van der Waals surface area contributed by atoms with Crippen LogP contribution in [0.1, 0.15) is 25.3 Å². The number of hydrogen-bond acceptors (Lipinski definition) is 7. The first-order chi connectivity index (χ1) is 17.0. The van der Waals surface area contributed by atoms with E-state index in [1.807, 2.05) is 0 Å². The summed E-state index contributed by atoms with van der Waals surface area (Å²) in [7, 11) is 0. The van der Waals surface area contributed by atoms with Crippen molar-refractivity contribution in [2.45, 2.75) is 44.3 Å². The molecule has 0 radical (unpaired) electrons. The van der Waals surface area contributed by atoms with Crippen LogP contribution in [0.2, 0.25) is 0 Å². The zero-order chi connectivity index (χ0) is 27.1. The Morgan fingerprint density at radius 2 is 1.53 bits per heavy atom. The van der Waals surface area contributed by atoms with E-state index < -0.39 is 66.8 Å². The van der Waals surface area contributed by atoms with Crippen molar-refractivity contribution < 1.29 is 33.9 Å². The van der Waals surface area contributed by atoms with Crippen molar-refractivity contribution in [3.05, 3.63) is 35.9 Å². The Balaban J connectivity index is 2.83. The fourth-order valence-electron chi connectivity index (χ4n) is 3.11. The standard InChI is InChI=1S/C22H33N7O7/c1-13(31)27-17(12-30)20(34)26-11-18(32)28-16(10-14-6-3-2-4-7-14)21(35)29-15(19(23)33)8-5-9-25-22(24)36/h2-4,6-7,15-17,30H,5,8-12H2,1H3,(H2,23,33)(H,26,34)(H,27,31)(H,28,32)(H,29,35)(H3,24,25,36)/t15-,16-,17-/m0/s1. The number of carbonyl (C=O) groups excluding carboxylic acids is 6. The maximum atomic E-state index is 13.0. The van der Waals surface area contributed by atoms with Gasteiger partial charge in [0.2, 0.25) is 29.5 Å². The quantitative estimate of drug-likeness (QED) is 0.113. The lowest BCUT2D eigenvalue weighted by Gasteiger charge is -2.22. The van der Waals surface area contributed by atoms with E-state index in [9.17, 15) is 33.9 Å². The fraction of sp³-hybridized carbons (Fsp3) is 0.455. The molecule has 7 amide bonds. The minimum Gasteiger partial charge on any atom is -0.394 e. The maximum Gasteiger partial charge on any atom is 0.312 e. The van der Waals surface area contributed by atoms with Gasteiger partial charge in [0.1, 0.15) is 18.1 Å². The highest BCUT2D eigenvalue weighted by Crippen LogP contribution is 2.05. The number of aliphatic hydroxyl groups is 1. The second-order valence-electron chi connectivity index (χ2n) is 7.86. The molecule has 0 bridgehead atoms. The molecule has 0 aromatic heterocycles. The van der Waals surface area contributed by atoms with Gasteiger partial charge < -0.3 is 43.2 Å². The molecule has 0 fully saturated rings. The monoisotopic (exact) mass is 507 g/mol. The molecule has 0 saturated heterocycles. The minimum atomic E-state index is -1.24. The topological polar surface area (TPSA) is 235 Å². The minimum absolute atomic E-state index is 0.0756. The van der Waals surface area contributed by atoms with Crippen LogP contribution in [0.5, 0.6) is 0 Å². The average molecular weight is 508 g/mol. The average Bonchev–Trinajstić information content (AvgIpc) is 2.82. The van der Waals surface area contributed by atoms with Gasteiger partial charge in [-0.3, -0.25) is 24.0 Å². The number of primary amides is 2. The van der Waals surface area contributed by atoms with Gasteiger partial charge in [0.15, 0.2) is 0 Å². The summed E-state index contributed by atoms with van der Waals surface area (Å²) in [6.07, 6.45) is 0.500. The van der Waals surface area contributed by atoms with Crippen LogP contribution in [0, 0.1) is 0 Å². The molecular weight excluding hydrogens is 474 g/mol. The molecule has 0 heterocycles. The number of benzene rings is 1. The molecule has 0 unspecified atom stereocenters. The Morgan fingerprint density at radius 3 is 2.08 bits per heavy atom. The van der Waals surface area contributed by atoms with E-state index in [4.69, 9.17) is 11.5 Å². The number of rotatable bonds is 15. The van der Waals surface area contributed by atoms with Crippen LogP contribution in [0.3, 0.4) is 0 Å². The zero-order valence-corrected chi connectivity index (χ0v) is 19.9. The van der Waals surface area contributed by atoms with E-state index in [2.05, 4.69) is 26.6 Å². The van der Waals surface area contributed by atoms with Crippen molar-refractivity contribution in [2.75, 3.05) is 19.7 Å². The van der Waals surface area contributed by atoms with Crippen molar-refractivity contribution in [3.63, 3.8) is 0 Å². The van der Waals surface area contributed by atoms with E-state index in [-0.39, 0.29) is 19.4 Å². The number of hydrogen-bond donors (Lipinski definition) is 8. The van der Waals surface area contributed by atoms with Crippen molar-refractivity contribution in [2.24, 2.45) is 11.5 Å². The highest BCUT2D eigenvalue weighted by Gasteiger charge is 2.26.